The molecule has 3 aliphatic carbocycles. The van der Waals surface area contributed by atoms with Gasteiger partial charge < -0.3 is 11.1 Å². The minimum atomic E-state index is -0.633. The van der Waals surface area contributed by atoms with Crippen LogP contribution in [0.5, 0.6) is 0 Å². The number of fused-ring (bicyclic) bond motifs is 5. The first kappa shape index (κ1) is 15.5. The van der Waals surface area contributed by atoms with E-state index in [-0.39, 0.29) is 17.4 Å². The molecule has 3 N–H and O–H groups in total. The number of piperidine rings is 1. The summed E-state index contributed by atoms with van der Waals surface area (Å²) in [7, 11) is 0. The first-order chi connectivity index (χ1) is 10.8. The molecule has 0 aromatic carbocycles. The summed E-state index contributed by atoms with van der Waals surface area (Å²) in [5.41, 5.74) is 6.10. The Morgan fingerprint density at radius 2 is 1.91 bits per heavy atom. The number of carbonyl (C=O) groups excluding carboxylic acids is 2. The van der Waals surface area contributed by atoms with Crippen molar-refractivity contribution in [1.82, 2.24) is 5.32 Å². The number of primary amides is 1. The SMILES string of the molecule is C[C@@]12CCC[C@H]1[C@@H]1CCC3NC(=O)C(C(N)=O)C[C@]3(C)[C@@H]1CC2. The molecular formula is C19H30N2O2. The van der Waals surface area contributed by atoms with Crippen LogP contribution < -0.4 is 11.1 Å². The molecule has 128 valence electrons. The molecule has 3 saturated carbocycles. The number of nitrogens with two attached hydrogens (primary N) is 1. The third kappa shape index (κ3) is 2.09. The maximum absolute atomic E-state index is 12.2. The molecule has 4 heteroatoms. The van der Waals surface area contributed by atoms with E-state index in [4.69, 9.17) is 5.73 Å². The quantitative estimate of drug-likeness (QED) is 0.729. The zero-order valence-electron chi connectivity index (χ0n) is 14.4. The number of carbonyl (C=O) groups is 2. The van der Waals surface area contributed by atoms with Crippen molar-refractivity contribution >= 4 is 11.8 Å². The van der Waals surface area contributed by atoms with Crippen LogP contribution >= 0.6 is 0 Å². The largest absolute Gasteiger partial charge is 0.369 e. The van der Waals surface area contributed by atoms with E-state index < -0.39 is 11.8 Å². The molecule has 0 bridgehead atoms. The smallest absolute Gasteiger partial charge is 0.232 e. The first-order valence-electron chi connectivity index (χ1n) is 9.45. The molecule has 1 heterocycles. The van der Waals surface area contributed by atoms with E-state index in [0.717, 1.165) is 18.3 Å². The van der Waals surface area contributed by atoms with Gasteiger partial charge in [-0.25, -0.2) is 0 Å². The molecule has 4 fully saturated rings. The Morgan fingerprint density at radius 1 is 1.13 bits per heavy atom. The van der Waals surface area contributed by atoms with E-state index in [1.54, 1.807) is 0 Å². The van der Waals surface area contributed by atoms with Gasteiger partial charge in [-0.1, -0.05) is 20.3 Å². The van der Waals surface area contributed by atoms with Gasteiger partial charge in [-0.15, -0.1) is 0 Å². The highest BCUT2D eigenvalue weighted by Gasteiger charge is 2.59. The van der Waals surface area contributed by atoms with Gasteiger partial charge in [-0.05, 0) is 73.5 Å². The maximum Gasteiger partial charge on any atom is 0.232 e. The van der Waals surface area contributed by atoms with Crippen molar-refractivity contribution < 1.29 is 9.59 Å². The van der Waals surface area contributed by atoms with Crippen molar-refractivity contribution in [2.24, 2.45) is 40.2 Å². The molecule has 2 amide bonds. The second kappa shape index (κ2) is 4.97. The van der Waals surface area contributed by atoms with Crippen LogP contribution in [0.25, 0.3) is 0 Å². The minimum Gasteiger partial charge on any atom is -0.369 e. The molecule has 23 heavy (non-hydrogen) atoms. The summed E-state index contributed by atoms with van der Waals surface area (Å²) in [4.78, 5) is 24.0. The number of hydrogen-bond donors (Lipinski definition) is 2. The van der Waals surface area contributed by atoms with Crippen molar-refractivity contribution in [2.45, 2.75) is 71.3 Å². The number of nitrogens with one attached hydrogen (secondary N) is 1. The van der Waals surface area contributed by atoms with E-state index in [0.29, 0.717) is 17.8 Å². The highest BCUT2D eigenvalue weighted by molar-refractivity contribution is 6.00. The van der Waals surface area contributed by atoms with Crippen molar-refractivity contribution in [2.75, 3.05) is 0 Å². The van der Waals surface area contributed by atoms with Gasteiger partial charge in [0.05, 0.1) is 0 Å². The normalized spacial score (nSPS) is 52.1. The van der Waals surface area contributed by atoms with Crippen LogP contribution in [0.4, 0.5) is 0 Å². The van der Waals surface area contributed by atoms with Gasteiger partial charge in [-0.3, -0.25) is 9.59 Å². The molecule has 0 radical (unpaired) electrons. The predicted octanol–water partition coefficient (Wildman–Crippen LogP) is 2.61. The molecule has 4 aliphatic rings. The molecule has 4 rings (SSSR count). The van der Waals surface area contributed by atoms with E-state index in [2.05, 4.69) is 19.2 Å². The van der Waals surface area contributed by atoms with Crippen molar-refractivity contribution in [3.8, 4) is 0 Å². The van der Waals surface area contributed by atoms with Gasteiger partial charge in [0.2, 0.25) is 11.8 Å². The Kier molecular flexibility index (Phi) is 3.34. The summed E-state index contributed by atoms with van der Waals surface area (Å²) in [6, 6.07) is 0.234. The van der Waals surface area contributed by atoms with Gasteiger partial charge in [0.25, 0.3) is 0 Å². The molecule has 2 unspecified atom stereocenters. The summed E-state index contributed by atoms with van der Waals surface area (Å²) < 4.78 is 0. The van der Waals surface area contributed by atoms with Crippen molar-refractivity contribution in [3.63, 3.8) is 0 Å². The highest BCUT2D eigenvalue weighted by Crippen LogP contribution is 2.64. The van der Waals surface area contributed by atoms with Gasteiger partial charge in [-0.2, -0.15) is 0 Å². The molecule has 1 saturated heterocycles. The Hall–Kier alpha value is -1.06. The predicted molar refractivity (Wildman–Crippen MR) is 88.2 cm³/mol. The maximum atomic E-state index is 12.2. The summed E-state index contributed by atoms with van der Waals surface area (Å²) in [6.45, 7) is 4.83. The minimum absolute atomic E-state index is 0.0421. The van der Waals surface area contributed by atoms with E-state index >= 15 is 0 Å². The molecule has 0 spiro atoms. The van der Waals surface area contributed by atoms with Crippen LogP contribution in [0.2, 0.25) is 0 Å². The summed E-state index contributed by atoms with van der Waals surface area (Å²) in [5, 5.41) is 3.15. The van der Waals surface area contributed by atoms with E-state index in [1.165, 1.54) is 38.5 Å². The molecule has 4 nitrogen and oxygen atoms in total. The zero-order chi connectivity index (χ0) is 16.4. The fourth-order valence-electron chi connectivity index (χ4n) is 7.01. The van der Waals surface area contributed by atoms with E-state index in [9.17, 15) is 9.59 Å². The summed E-state index contributed by atoms with van der Waals surface area (Å²) in [5.74, 6) is 1.04. The highest BCUT2D eigenvalue weighted by atomic mass is 16.2. The van der Waals surface area contributed by atoms with Crippen LogP contribution in [0.3, 0.4) is 0 Å². The molecule has 1 aliphatic heterocycles. The van der Waals surface area contributed by atoms with Gasteiger partial charge in [0.1, 0.15) is 5.92 Å². The molecular weight excluding hydrogens is 288 g/mol. The lowest BCUT2D eigenvalue weighted by Gasteiger charge is -2.60. The Bertz CT molecular complexity index is 547. The van der Waals surface area contributed by atoms with Gasteiger partial charge >= 0.3 is 0 Å². The molecule has 0 aromatic heterocycles. The van der Waals surface area contributed by atoms with E-state index in [1.807, 2.05) is 0 Å². The van der Waals surface area contributed by atoms with Crippen LogP contribution in [0.1, 0.15) is 65.2 Å². The average Bonchev–Trinajstić information content (AvgIpc) is 2.89. The Morgan fingerprint density at radius 3 is 2.65 bits per heavy atom. The van der Waals surface area contributed by atoms with Gasteiger partial charge in [0.15, 0.2) is 0 Å². The molecule has 7 atom stereocenters. The van der Waals surface area contributed by atoms with Crippen LogP contribution in [-0.2, 0) is 9.59 Å². The van der Waals surface area contributed by atoms with Crippen LogP contribution in [0, 0.1) is 34.5 Å². The second-order valence-corrected chi connectivity index (χ2v) is 9.27. The fraction of sp³-hybridized carbons (Fsp3) is 0.895. The van der Waals surface area contributed by atoms with Crippen LogP contribution in [-0.4, -0.2) is 17.9 Å². The second-order valence-electron chi connectivity index (χ2n) is 9.27. The zero-order valence-corrected chi connectivity index (χ0v) is 14.4. The standard InChI is InChI=1S/C19H30N2O2/c1-18-8-3-4-13(18)11-5-6-15-19(2,14(11)7-9-18)10-12(16(20)22)17(23)21-15/h11-15H,3-10H2,1-2H3,(H2,20,22)(H,21,23)/t11-,12?,13-,14+,15?,18-,19+/m0/s1. The number of rotatable bonds is 1. The Labute approximate surface area is 138 Å². The molecule has 0 aromatic rings. The van der Waals surface area contributed by atoms with Crippen molar-refractivity contribution in [3.05, 3.63) is 0 Å². The summed E-state index contributed by atoms with van der Waals surface area (Å²) >= 11 is 0. The number of hydrogen-bond acceptors (Lipinski definition) is 2. The fourth-order valence-corrected chi connectivity index (χ4v) is 7.01. The topological polar surface area (TPSA) is 72.2 Å². The summed E-state index contributed by atoms with van der Waals surface area (Å²) in [6.07, 6.45) is 9.69. The van der Waals surface area contributed by atoms with Crippen LogP contribution in [0.15, 0.2) is 0 Å². The monoisotopic (exact) mass is 318 g/mol. The lowest BCUT2D eigenvalue weighted by molar-refractivity contribution is -0.149. The Balaban J connectivity index is 1.65. The van der Waals surface area contributed by atoms with Gasteiger partial charge in [0, 0.05) is 6.04 Å². The first-order valence-corrected chi connectivity index (χ1v) is 9.45. The average molecular weight is 318 g/mol. The third-order valence-electron chi connectivity index (χ3n) is 8.27. The third-order valence-corrected chi connectivity index (χ3v) is 8.27. The lowest BCUT2D eigenvalue weighted by atomic mass is 9.47. The lowest BCUT2D eigenvalue weighted by Crippen LogP contribution is -2.64. The van der Waals surface area contributed by atoms with Crippen molar-refractivity contribution in [1.29, 1.82) is 0 Å². The number of amides is 2.